The first-order valence-corrected chi connectivity index (χ1v) is 12.2. The van der Waals surface area contributed by atoms with E-state index >= 15 is 0 Å². The zero-order valence-electron chi connectivity index (χ0n) is 18.2. The lowest BCUT2D eigenvalue weighted by molar-refractivity contribution is -0.915. The average molecular weight is 421 g/mol. The first-order chi connectivity index (χ1) is 14.0. The van der Waals surface area contributed by atoms with Gasteiger partial charge < -0.3 is 9.80 Å². The molecule has 0 bridgehead atoms. The SMILES string of the molecule is CCC[NH+]1CCc2c(sc3c2c(=O)n(C2CCCCC2)c(=O)n3CC[NH+](C)C)C1. The van der Waals surface area contributed by atoms with Crippen LogP contribution >= 0.6 is 11.3 Å². The quantitative estimate of drug-likeness (QED) is 0.703. The highest BCUT2D eigenvalue weighted by molar-refractivity contribution is 7.18. The van der Waals surface area contributed by atoms with E-state index in [1.54, 1.807) is 20.8 Å². The fourth-order valence-corrected chi connectivity index (χ4v) is 6.55. The summed E-state index contributed by atoms with van der Waals surface area (Å²) in [5.74, 6) is 0. The average Bonchev–Trinajstić information content (AvgIpc) is 3.07. The minimum absolute atomic E-state index is 0.0122. The molecule has 2 aromatic heterocycles. The van der Waals surface area contributed by atoms with Gasteiger partial charge in [-0.1, -0.05) is 26.2 Å². The number of hydrogen-bond donors (Lipinski definition) is 2. The molecule has 7 heteroatoms. The van der Waals surface area contributed by atoms with Crippen LogP contribution in [0.5, 0.6) is 0 Å². The first kappa shape index (κ1) is 20.8. The Morgan fingerprint density at radius 3 is 2.62 bits per heavy atom. The number of fused-ring (bicyclic) bond motifs is 3. The van der Waals surface area contributed by atoms with Crippen LogP contribution in [0, 0.1) is 0 Å². The van der Waals surface area contributed by atoms with Crippen molar-refractivity contribution in [2.75, 3.05) is 33.7 Å². The molecule has 2 aromatic rings. The van der Waals surface area contributed by atoms with E-state index in [2.05, 4.69) is 21.0 Å². The maximum Gasteiger partial charge on any atom is 0.332 e. The Bertz CT molecular complexity index is 981. The fourth-order valence-electron chi connectivity index (χ4n) is 5.12. The van der Waals surface area contributed by atoms with Crippen molar-refractivity contribution in [1.29, 1.82) is 0 Å². The summed E-state index contributed by atoms with van der Waals surface area (Å²) >= 11 is 1.71. The summed E-state index contributed by atoms with van der Waals surface area (Å²) in [6.07, 6.45) is 7.51. The molecule has 1 aliphatic heterocycles. The molecule has 29 heavy (non-hydrogen) atoms. The van der Waals surface area contributed by atoms with E-state index in [1.165, 1.54) is 34.7 Å². The Balaban J connectivity index is 1.88. The van der Waals surface area contributed by atoms with Crippen LogP contribution in [0.25, 0.3) is 10.2 Å². The molecule has 3 heterocycles. The molecular formula is C22H36N4O2S+2. The van der Waals surface area contributed by atoms with Crippen LogP contribution in [0.4, 0.5) is 0 Å². The van der Waals surface area contributed by atoms with Crippen molar-refractivity contribution in [3.8, 4) is 0 Å². The maximum absolute atomic E-state index is 13.6. The number of rotatable bonds is 6. The van der Waals surface area contributed by atoms with Crippen LogP contribution in [0.1, 0.15) is 61.9 Å². The van der Waals surface area contributed by atoms with Gasteiger partial charge in [-0.15, -0.1) is 11.3 Å². The first-order valence-electron chi connectivity index (χ1n) is 11.4. The number of nitrogens with one attached hydrogen (secondary N) is 2. The van der Waals surface area contributed by atoms with Gasteiger partial charge in [0.25, 0.3) is 5.56 Å². The maximum atomic E-state index is 13.6. The smallest absolute Gasteiger partial charge is 0.332 e. The molecule has 1 atom stereocenters. The van der Waals surface area contributed by atoms with Crippen LogP contribution in [0.15, 0.2) is 9.59 Å². The Morgan fingerprint density at radius 2 is 1.93 bits per heavy atom. The Kier molecular flexibility index (Phi) is 6.27. The van der Waals surface area contributed by atoms with Crippen molar-refractivity contribution in [3.63, 3.8) is 0 Å². The molecule has 0 spiro atoms. The molecule has 2 aliphatic rings. The van der Waals surface area contributed by atoms with Gasteiger partial charge in [-0.2, -0.15) is 0 Å². The molecule has 0 radical (unpaired) electrons. The van der Waals surface area contributed by atoms with E-state index in [-0.39, 0.29) is 17.3 Å². The molecule has 0 aromatic carbocycles. The Morgan fingerprint density at radius 1 is 1.17 bits per heavy atom. The molecule has 160 valence electrons. The highest BCUT2D eigenvalue weighted by Gasteiger charge is 2.30. The number of likely N-dealkylation sites (N-methyl/N-ethyl adjacent to an activating group) is 1. The minimum Gasteiger partial charge on any atom is -0.338 e. The molecule has 1 saturated carbocycles. The van der Waals surface area contributed by atoms with Crippen molar-refractivity contribution in [2.24, 2.45) is 0 Å². The Labute approximate surface area is 176 Å². The molecule has 0 saturated heterocycles. The normalized spacial score (nSPS) is 20.5. The van der Waals surface area contributed by atoms with Gasteiger partial charge in [0.1, 0.15) is 11.4 Å². The summed E-state index contributed by atoms with van der Waals surface area (Å²) in [5, 5.41) is 0.861. The molecule has 4 rings (SSSR count). The van der Waals surface area contributed by atoms with Crippen molar-refractivity contribution < 1.29 is 9.80 Å². The van der Waals surface area contributed by atoms with Crippen molar-refractivity contribution in [1.82, 2.24) is 9.13 Å². The largest absolute Gasteiger partial charge is 0.338 e. The predicted octanol–water partition coefficient (Wildman–Crippen LogP) is 0.225. The van der Waals surface area contributed by atoms with Crippen molar-refractivity contribution >= 4 is 21.6 Å². The predicted molar refractivity (Wildman–Crippen MR) is 119 cm³/mol. The third kappa shape index (κ3) is 3.97. The van der Waals surface area contributed by atoms with E-state index in [9.17, 15) is 9.59 Å². The van der Waals surface area contributed by atoms with Crippen LogP contribution in [0.2, 0.25) is 0 Å². The standard InChI is InChI=1S/C22H34N4O2S/c1-4-11-24-12-10-17-18(15-24)29-21-19(17)20(27)26(16-8-6-5-7-9-16)22(28)25(21)14-13-23(2)3/h16H,4-15H2,1-3H3/p+2. The van der Waals surface area contributed by atoms with Gasteiger partial charge in [0.05, 0.1) is 50.5 Å². The molecule has 1 unspecified atom stereocenters. The van der Waals surface area contributed by atoms with Crippen molar-refractivity contribution in [2.45, 2.75) is 71.0 Å². The third-order valence-electron chi connectivity index (χ3n) is 6.70. The summed E-state index contributed by atoms with van der Waals surface area (Å²) in [4.78, 5) is 32.3. The lowest BCUT2D eigenvalue weighted by Gasteiger charge is -2.25. The molecule has 0 amide bonds. The summed E-state index contributed by atoms with van der Waals surface area (Å²) in [6, 6.07) is 0.0764. The number of quaternary nitrogens is 2. The monoisotopic (exact) mass is 420 g/mol. The number of thiophene rings is 1. The highest BCUT2D eigenvalue weighted by atomic mass is 32.1. The van der Waals surface area contributed by atoms with Gasteiger partial charge in [-0.3, -0.25) is 13.9 Å². The van der Waals surface area contributed by atoms with Gasteiger partial charge in [-0.05, 0) is 24.8 Å². The summed E-state index contributed by atoms with van der Waals surface area (Å²) in [6.45, 7) is 7.06. The summed E-state index contributed by atoms with van der Waals surface area (Å²) in [7, 11) is 4.23. The zero-order valence-corrected chi connectivity index (χ0v) is 19.0. The molecule has 2 N–H and O–H groups in total. The fraction of sp³-hybridized carbons (Fsp3) is 0.727. The molecular weight excluding hydrogens is 384 g/mol. The summed E-state index contributed by atoms with van der Waals surface area (Å²) in [5.41, 5.74) is 1.15. The number of hydrogen-bond acceptors (Lipinski definition) is 3. The lowest BCUT2D eigenvalue weighted by atomic mass is 9.95. The number of aromatic nitrogens is 2. The van der Waals surface area contributed by atoms with E-state index < -0.39 is 0 Å². The van der Waals surface area contributed by atoms with Gasteiger partial charge in [0.15, 0.2) is 0 Å². The summed E-state index contributed by atoms with van der Waals surface area (Å²) < 4.78 is 3.57. The van der Waals surface area contributed by atoms with E-state index in [0.717, 1.165) is 62.0 Å². The molecule has 6 nitrogen and oxygen atoms in total. The van der Waals surface area contributed by atoms with Gasteiger partial charge in [0, 0.05) is 12.5 Å². The zero-order chi connectivity index (χ0) is 20.5. The van der Waals surface area contributed by atoms with Crippen LogP contribution in [-0.2, 0) is 19.5 Å². The lowest BCUT2D eigenvalue weighted by Crippen LogP contribution is -3.11. The minimum atomic E-state index is -0.0768. The van der Waals surface area contributed by atoms with Crippen LogP contribution in [-0.4, -0.2) is 42.9 Å². The number of nitrogens with zero attached hydrogens (tertiary/aromatic N) is 2. The molecule has 1 aliphatic carbocycles. The van der Waals surface area contributed by atoms with Crippen molar-refractivity contribution in [3.05, 3.63) is 31.3 Å². The van der Waals surface area contributed by atoms with Gasteiger partial charge in [-0.25, -0.2) is 4.79 Å². The van der Waals surface area contributed by atoms with Crippen LogP contribution in [0.3, 0.4) is 0 Å². The van der Waals surface area contributed by atoms with Gasteiger partial charge >= 0.3 is 5.69 Å². The van der Waals surface area contributed by atoms with Crippen LogP contribution < -0.4 is 21.0 Å². The topological polar surface area (TPSA) is 52.9 Å². The van der Waals surface area contributed by atoms with E-state index in [4.69, 9.17) is 0 Å². The second kappa shape index (κ2) is 8.74. The highest BCUT2D eigenvalue weighted by Crippen LogP contribution is 2.31. The Hall–Kier alpha value is -1.44. The second-order valence-electron chi connectivity index (χ2n) is 9.22. The van der Waals surface area contributed by atoms with Gasteiger partial charge in [0.2, 0.25) is 0 Å². The second-order valence-corrected chi connectivity index (χ2v) is 10.3. The third-order valence-corrected chi connectivity index (χ3v) is 7.96. The van der Waals surface area contributed by atoms with E-state index in [1.807, 2.05) is 4.57 Å². The molecule has 1 fully saturated rings. The van der Waals surface area contributed by atoms with E-state index in [0.29, 0.717) is 6.54 Å².